The van der Waals surface area contributed by atoms with E-state index in [4.69, 9.17) is 0 Å². The molecule has 5 nitrogen and oxygen atoms in total. The average molecular weight is 367 g/mol. The zero-order valence-corrected chi connectivity index (χ0v) is 15.8. The van der Waals surface area contributed by atoms with Crippen molar-refractivity contribution in [3.63, 3.8) is 0 Å². The van der Waals surface area contributed by atoms with Gasteiger partial charge in [-0.1, -0.05) is 42.1 Å². The predicted molar refractivity (Wildman–Crippen MR) is 107 cm³/mol. The van der Waals surface area contributed by atoms with E-state index >= 15 is 0 Å². The van der Waals surface area contributed by atoms with Crippen LogP contribution in [0.5, 0.6) is 0 Å². The van der Waals surface area contributed by atoms with E-state index < -0.39 is 5.25 Å². The molecular weight excluding hydrogens is 346 g/mol. The topological polar surface area (TPSA) is 61.8 Å². The van der Waals surface area contributed by atoms with Crippen molar-refractivity contribution in [1.29, 1.82) is 0 Å². The SMILES string of the molecule is Cc1cccc(N=C2SC(CC(=O)Nc3ccccc3)C(=O)N2C)c1C. The van der Waals surface area contributed by atoms with Crippen molar-refractivity contribution in [3.8, 4) is 0 Å². The average Bonchev–Trinajstić information content (AvgIpc) is 2.88. The van der Waals surface area contributed by atoms with Gasteiger partial charge in [0.25, 0.3) is 0 Å². The van der Waals surface area contributed by atoms with Crippen molar-refractivity contribution in [2.75, 3.05) is 12.4 Å². The molecule has 0 spiro atoms. The molecule has 26 heavy (non-hydrogen) atoms. The number of para-hydroxylation sites is 1. The first kappa shape index (κ1) is 18.2. The fourth-order valence-corrected chi connectivity index (χ4v) is 3.81. The Balaban J connectivity index is 1.71. The number of nitrogens with one attached hydrogen (secondary N) is 1. The monoisotopic (exact) mass is 367 g/mol. The van der Waals surface area contributed by atoms with E-state index in [1.165, 1.54) is 16.7 Å². The van der Waals surface area contributed by atoms with Gasteiger partial charge >= 0.3 is 0 Å². The minimum atomic E-state index is -0.451. The van der Waals surface area contributed by atoms with Crippen molar-refractivity contribution in [3.05, 3.63) is 59.7 Å². The lowest BCUT2D eigenvalue weighted by Gasteiger charge is -2.10. The first-order chi connectivity index (χ1) is 12.5. The first-order valence-corrected chi connectivity index (χ1v) is 9.27. The maximum absolute atomic E-state index is 12.5. The van der Waals surface area contributed by atoms with Crippen molar-refractivity contribution >= 4 is 40.1 Å². The Bertz CT molecular complexity index is 865. The quantitative estimate of drug-likeness (QED) is 0.892. The van der Waals surface area contributed by atoms with Crippen molar-refractivity contribution < 1.29 is 9.59 Å². The van der Waals surface area contributed by atoms with Gasteiger partial charge in [-0.3, -0.25) is 14.5 Å². The van der Waals surface area contributed by atoms with Gasteiger partial charge in [-0.2, -0.15) is 0 Å². The number of thioether (sulfide) groups is 1. The lowest BCUT2D eigenvalue weighted by atomic mass is 10.1. The molecule has 134 valence electrons. The van der Waals surface area contributed by atoms with Crippen LogP contribution in [0.2, 0.25) is 0 Å². The summed E-state index contributed by atoms with van der Waals surface area (Å²) in [6, 6.07) is 15.2. The van der Waals surface area contributed by atoms with Crippen LogP contribution in [0.25, 0.3) is 0 Å². The maximum atomic E-state index is 12.5. The molecule has 0 radical (unpaired) electrons. The Morgan fingerprint density at radius 2 is 1.88 bits per heavy atom. The molecule has 2 aromatic rings. The third-order valence-corrected chi connectivity index (χ3v) is 5.59. The Kier molecular flexibility index (Phi) is 5.42. The fraction of sp³-hybridized carbons (Fsp3) is 0.250. The Hall–Kier alpha value is -2.60. The highest BCUT2D eigenvalue weighted by atomic mass is 32.2. The van der Waals surface area contributed by atoms with E-state index in [2.05, 4.69) is 10.3 Å². The van der Waals surface area contributed by atoms with E-state index in [0.29, 0.717) is 5.17 Å². The number of aryl methyl sites for hydroxylation is 1. The van der Waals surface area contributed by atoms with E-state index in [1.54, 1.807) is 7.05 Å². The summed E-state index contributed by atoms with van der Waals surface area (Å²) in [7, 11) is 1.70. The van der Waals surface area contributed by atoms with Gasteiger partial charge in [-0.25, -0.2) is 4.99 Å². The lowest BCUT2D eigenvalue weighted by Crippen LogP contribution is -2.30. The summed E-state index contributed by atoms with van der Waals surface area (Å²) in [6.45, 7) is 4.05. The van der Waals surface area contributed by atoms with Gasteiger partial charge in [0, 0.05) is 19.2 Å². The van der Waals surface area contributed by atoms with E-state index in [1.807, 2.05) is 62.4 Å². The Morgan fingerprint density at radius 3 is 2.62 bits per heavy atom. The number of hydrogen-bond acceptors (Lipinski definition) is 4. The first-order valence-electron chi connectivity index (χ1n) is 8.39. The molecule has 0 aliphatic carbocycles. The zero-order chi connectivity index (χ0) is 18.7. The number of amides is 2. The largest absolute Gasteiger partial charge is 0.326 e. The molecule has 1 saturated heterocycles. The fourth-order valence-electron chi connectivity index (χ4n) is 2.66. The highest BCUT2D eigenvalue weighted by Gasteiger charge is 2.37. The normalized spacial score (nSPS) is 18.4. The number of anilines is 1. The highest BCUT2D eigenvalue weighted by Crippen LogP contribution is 2.32. The molecule has 1 unspecified atom stereocenters. The number of nitrogens with zero attached hydrogens (tertiary/aromatic N) is 2. The molecule has 2 aromatic carbocycles. The Labute approximate surface area is 157 Å². The lowest BCUT2D eigenvalue weighted by molar-refractivity contribution is -0.127. The van der Waals surface area contributed by atoms with Crippen LogP contribution < -0.4 is 5.32 Å². The summed E-state index contributed by atoms with van der Waals surface area (Å²) >= 11 is 1.34. The van der Waals surface area contributed by atoms with E-state index in [-0.39, 0.29) is 18.2 Å². The summed E-state index contributed by atoms with van der Waals surface area (Å²) < 4.78 is 0. The highest BCUT2D eigenvalue weighted by molar-refractivity contribution is 8.15. The molecule has 1 heterocycles. The predicted octanol–water partition coefficient (Wildman–Crippen LogP) is 3.89. The minimum absolute atomic E-state index is 0.0951. The molecule has 6 heteroatoms. The molecular formula is C20H21N3O2S. The van der Waals surface area contributed by atoms with Crippen LogP contribution in [-0.2, 0) is 9.59 Å². The van der Waals surface area contributed by atoms with Gasteiger partial charge in [0.2, 0.25) is 11.8 Å². The van der Waals surface area contributed by atoms with E-state index in [0.717, 1.165) is 22.5 Å². The third-order valence-electron chi connectivity index (χ3n) is 4.36. The smallest absolute Gasteiger partial charge is 0.242 e. The van der Waals surface area contributed by atoms with Gasteiger partial charge in [-0.05, 0) is 43.2 Å². The maximum Gasteiger partial charge on any atom is 0.242 e. The second-order valence-corrected chi connectivity index (χ2v) is 7.41. The van der Waals surface area contributed by atoms with Gasteiger partial charge in [-0.15, -0.1) is 0 Å². The summed E-state index contributed by atoms with van der Waals surface area (Å²) in [4.78, 5) is 30.9. The van der Waals surface area contributed by atoms with Crippen LogP contribution in [0, 0.1) is 13.8 Å². The molecule has 3 rings (SSSR count). The summed E-state index contributed by atoms with van der Waals surface area (Å²) in [6.07, 6.45) is 0.120. The number of aliphatic imine (C=N–C) groups is 1. The van der Waals surface area contributed by atoms with Gasteiger partial charge in [0.1, 0.15) is 5.25 Å². The molecule has 1 fully saturated rings. The van der Waals surface area contributed by atoms with Crippen LogP contribution in [0.3, 0.4) is 0 Å². The molecule has 1 N–H and O–H groups in total. The summed E-state index contributed by atoms with van der Waals surface area (Å²) in [5.41, 5.74) is 3.82. The molecule has 1 aliphatic heterocycles. The third kappa shape index (κ3) is 3.96. The number of hydrogen-bond donors (Lipinski definition) is 1. The van der Waals surface area contributed by atoms with Gasteiger partial charge < -0.3 is 5.32 Å². The molecule has 0 aromatic heterocycles. The number of rotatable bonds is 4. The van der Waals surface area contributed by atoms with Crippen LogP contribution >= 0.6 is 11.8 Å². The number of carbonyl (C=O) groups is 2. The summed E-state index contributed by atoms with van der Waals surface area (Å²) in [5.74, 6) is -0.272. The number of benzene rings is 2. The minimum Gasteiger partial charge on any atom is -0.326 e. The van der Waals surface area contributed by atoms with Crippen LogP contribution in [-0.4, -0.2) is 34.2 Å². The summed E-state index contributed by atoms with van der Waals surface area (Å²) in [5, 5.41) is 3.00. The number of carbonyl (C=O) groups excluding carboxylic acids is 2. The Morgan fingerprint density at radius 1 is 1.15 bits per heavy atom. The van der Waals surface area contributed by atoms with Gasteiger partial charge in [0.05, 0.1) is 5.69 Å². The molecule has 1 aliphatic rings. The molecule has 0 bridgehead atoms. The van der Waals surface area contributed by atoms with Crippen molar-refractivity contribution in [2.24, 2.45) is 4.99 Å². The van der Waals surface area contributed by atoms with Crippen molar-refractivity contribution in [2.45, 2.75) is 25.5 Å². The zero-order valence-electron chi connectivity index (χ0n) is 15.0. The molecule has 0 saturated carbocycles. The van der Waals surface area contributed by atoms with E-state index in [9.17, 15) is 9.59 Å². The second kappa shape index (κ2) is 7.74. The molecule has 2 amide bonds. The van der Waals surface area contributed by atoms with Crippen molar-refractivity contribution in [1.82, 2.24) is 4.90 Å². The van der Waals surface area contributed by atoms with Gasteiger partial charge in [0.15, 0.2) is 5.17 Å². The standard InChI is InChI=1S/C20H21N3O2S/c1-13-8-7-11-16(14(13)2)22-20-23(3)19(25)17(26-20)12-18(24)21-15-9-5-4-6-10-15/h4-11,17H,12H2,1-3H3,(H,21,24). The number of amidine groups is 1. The van der Waals surface area contributed by atoms with Crippen LogP contribution in [0.15, 0.2) is 53.5 Å². The van der Waals surface area contributed by atoms with Crippen LogP contribution in [0.1, 0.15) is 17.5 Å². The van der Waals surface area contributed by atoms with Crippen LogP contribution in [0.4, 0.5) is 11.4 Å². The second-order valence-electron chi connectivity index (χ2n) is 6.24. The molecule has 1 atom stereocenters.